The number of aliphatic hydroxyl groups is 4. The highest BCUT2D eigenvalue weighted by molar-refractivity contribution is 4.78. The van der Waals surface area contributed by atoms with Crippen molar-refractivity contribution in [2.45, 2.75) is 73.3 Å². The summed E-state index contributed by atoms with van der Waals surface area (Å²) < 4.78 is 0. The third kappa shape index (κ3) is 8.77. The van der Waals surface area contributed by atoms with Crippen molar-refractivity contribution in [3.8, 4) is 0 Å². The highest BCUT2D eigenvalue weighted by Gasteiger charge is 2.29. The molecule has 21 heavy (non-hydrogen) atoms. The van der Waals surface area contributed by atoms with Crippen molar-refractivity contribution in [1.29, 1.82) is 0 Å². The molecule has 0 aromatic rings. The Balaban J connectivity index is 0. The molecule has 0 fully saturated rings. The van der Waals surface area contributed by atoms with Crippen LogP contribution in [0.25, 0.3) is 0 Å². The van der Waals surface area contributed by atoms with Gasteiger partial charge in [0.25, 0.3) is 0 Å². The highest BCUT2D eigenvalue weighted by Crippen LogP contribution is 2.27. The molecule has 1 atom stereocenters. The van der Waals surface area contributed by atoms with Gasteiger partial charge in [-0.1, -0.05) is 54.4 Å². The largest absolute Gasteiger partial charge is 0.396 e. The van der Waals surface area contributed by atoms with Gasteiger partial charge >= 0.3 is 0 Å². The predicted octanol–water partition coefficient (Wildman–Crippen LogP) is 2.58. The Hall–Kier alpha value is -0.160. The molecule has 0 heterocycles. The molecule has 0 spiro atoms. The van der Waals surface area contributed by atoms with Gasteiger partial charge < -0.3 is 20.4 Å². The predicted molar refractivity (Wildman–Crippen MR) is 88.1 cm³/mol. The van der Waals surface area contributed by atoms with Crippen molar-refractivity contribution >= 4 is 0 Å². The fraction of sp³-hybridized carbons (Fsp3) is 1.00. The lowest BCUT2D eigenvalue weighted by Gasteiger charge is -2.30. The van der Waals surface area contributed by atoms with Crippen molar-refractivity contribution in [2.75, 3.05) is 19.8 Å². The molecule has 0 amide bonds. The molecule has 0 aliphatic heterocycles. The van der Waals surface area contributed by atoms with E-state index in [4.69, 9.17) is 15.3 Å². The first-order chi connectivity index (χ1) is 9.66. The maximum absolute atomic E-state index is 9.49. The maximum Gasteiger partial charge on any atom is 0.0635 e. The molecule has 0 aromatic carbocycles. The van der Waals surface area contributed by atoms with Gasteiger partial charge in [-0.15, -0.1) is 0 Å². The van der Waals surface area contributed by atoms with E-state index in [2.05, 4.69) is 6.92 Å². The first kappa shape index (κ1) is 23.1. The van der Waals surface area contributed by atoms with Crippen LogP contribution in [0.1, 0.15) is 67.2 Å². The van der Waals surface area contributed by atoms with Crippen LogP contribution in [-0.4, -0.2) is 46.4 Å². The summed E-state index contributed by atoms with van der Waals surface area (Å²) in [4.78, 5) is 0. The monoisotopic (exact) mass is 306 g/mol. The van der Waals surface area contributed by atoms with Crippen molar-refractivity contribution in [2.24, 2.45) is 16.7 Å². The van der Waals surface area contributed by atoms with E-state index < -0.39 is 6.10 Å². The molecular formula is C17H38O4. The lowest BCUT2D eigenvalue weighted by atomic mass is 9.82. The number of unbranched alkanes of at least 4 members (excludes halogenated alkanes) is 1. The molecule has 0 saturated carbocycles. The molecule has 1 unspecified atom stereocenters. The SMILES string of the molecule is CC(C)C(O)C(C)(C)CO.CCCCC(CC)(CO)CO. The van der Waals surface area contributed by atoms with E-state index in [1.54, 1.807) is 0 Å². The van der Waals surface area contributed by atoms with Gasteiger partial charge in [0.05, 0.1) is 25.9 Å². The second-order valence-corrected chi connectivity index (χ2v) is 7.11. The first-order valence-electron chi connectivity index (χ1n) is 8.17. The normalized spacial score (nSPS) is 13.9. The number of hydrogen-bond donors (Lipinski definition) is 4. The van der Waals surface area contributed by atoms with Crippen LogP contribution in [0.5, 0.6) is 0 Å². The Kier molecular flexibility index (Phi) is 12.6. The van der Waals surface area contributed by atoms with Gasteiger partial charge in [0, 0.05) is 10.8 Å². The summed E-state index contributed by atoms with van der Waals surface area (Å²) >= 11 is 0. The summed E-state index contributed by atoms with van der Waals surface area (Å²) in [6, 6.07) is 0. The third-order valence-electron chi connectivity index (χ3n) is 4.32. The van der Waals surface area contributed by atoms with Crippen molar-refractivity contribution in [3.63, 3.8) is 0 Å². The fourth-order valence-corrected chi connectivity index (χ4v) is 2.16. The summed E-state index contributed by atoms with van der Waals surface area (Å²) in [5.74, 6) is 0.210. The molecule has 4 heteroatoms. The van der Waals surface area contributed by atoms with Crippen LogP contribution in [0.4, 0.5) is 0 Å². The molecule has 4 nitrogen and oxygen atoms in total. The van der Waals surface area contributed by atoms with E-state index in [1.807, 2.05) is 34.6 Å². The van der Waals surface area contributed by atoms with Gasteiger partial charge in [0.2, 0.25) is 0 Å². The van der Waals surface area contributed by atoms with Gasteiger partial charge in [0.15, 0.2) is 0 Å². The minimum absolute atomic E-state index is 0.0341. The standard InChI is InChI=1S/C9H20O2.C8H18O2/c1-3-5-6-9(4-2,7-10)8-11;1-6(2)7(10)8(3,4)5-9/h10-11H,3-8H2,1-2H3;6-7,9-10H,5H2,1-4H3. The lowest BCUT2D eigenvalue weighted by Crippen LogP contribution is -2.36. The van der Waals surface area contributed by atoms with Gasteiger partial charge in [-0.25, -0.2) is 0 Å². The maximum atomic E-state index is 9.49. The third-order valence-corrected chi connectivity index (χ3v) is 4.32. The highest BCUT2D eigenvalue weighted by atomic mass is 16.3. The average Bonchev–Trinajstić information content (AvgIpc) is 2.49. The molecular weight excluding hydrogens is 268 g/mol. The Morgan fingerprint density at radius 3 is 1.57 bits per heavy atom. The van der Waals surface area contributed by atoms with Crippen LogP contribution in [0.15, 0.2) is 0 Å². The molecule has 130 valence electrons. The molecule has 4 N–H and O–H groups in total. The second kappa shape index (κ2) is 11.4. The first-order valence-corrected chi connectivity index (χ1v) is 8.17. The minimum Gasteiger partial charge on any atom is -0.396 e. The van der Waals surface area contributed by atoms with E-state index in [0.29, 0.717) is 0 Å². The molecule has 0 aliphatic rings. The average molecular weight is 306 g/mol. The van der Waals surface area contributed by atoms with Crippen LogP contribution in [0.2, 0.25) is 0 Å². The molecule has 0 bridgehead atoms. The van der Waals surface area contributed by atoms with Gasteiger partial charge in [0.1, 0.15) is 0 Å². The van der Waals surface area contributed by atoms with E-state index in [1.165, 1.54) is 0 Å². The van der Waals surface area contributed by atoms with Gasteiger partial charge in [-0.05, 0) is 18.8 Å². The Morgan fingerprint density at radius 1 is 0.905 bits per heavy atom. The van der Waals surface area contributed by atoms with Crippen molar-refractivity contribution in [3.05, 3.63) is 0 Å². The molecule has 0 radical (unpaired) electrons. The minimum atomic E-state index is -0.419. The number of hydrogen-bond acceptors (Lipinski definition) is 4. The van der Waals surface area contributed by atoms with Gasteiger partial charge in [-0.2, -0.15) is 0 Å². The zero-order chi connectivity index (χ0) is 17.1. The Labute approximate surface area is 131 Å². The smallest absolute Gasteiger partial charge is 0.0635 e. The van der Waals surface area contributed by atoms with Gasteiger partial charge in [-0.3, -0.25) is 0 Å². The van der Waals surface area contributed by atoms with Crippen molar-refractivity contribution in [1.82, 2.24) is 0 Å². The van der Waals surface area contributed by atoms with Crippen molar-refractivity contribution < 1.29 is 20.4 Å². The summed E-state index contributed by atoms with van der Waals surface area (Å²) in [6.07, 6.45) is 3.60. The Morgan fingerprint density at radius 2 is 1.38 bits per heavy atom. The van der Waals surface area contributed by atoms with E-state index >= 15 is 0 Å². The second-order valence-electron chi connectivity index (χ2n) is 7.11. The lowest BCUT2D eigenvalue weighted by molar-refractivity contribution is -0.0204. The van der Waals surface area contributed by atoms with Crippen LogP contribution >= 0.6 is 0 Å². The zero-order valence-corrected chi connectivity index (χ0v) is 14.9. The molecule has 0 saturated heterocycles. The van der Waals surface area contributed by atoms with Crippen LogP contribution < -0.4 is 0 Å². The summed E-state index contributed by atoms with van der Waals surface area (Å²) in [5.41, 5.74) is -0.579. The van der Waals surface area contributed by atoms with E-state index in [-0.39, 0.29) is 36.6 Å². The van der Waals surface area contributed by atoms with Crippen LogP contribution in [-0.2, 0) is 0 Å². The van der Waals surface area contributed by atoms with E-state index in [0.717, 1.165) is 25.7 Å². The zero-order valence-electron chi connectivity index (χ0n) is 14.9. The Bertz CT molecular complexity index is 227. The molecule has 0 aromatic heterocycles. The fourth-order valence-electron chi connectivity index (χ4n) is 2.16. The summed E-state index contributed by atoms with van der Waals surface area (Å²) in [5, 5.41) is 36.4. The molecule has 0 aliphatic carbocycles. The summed E-state index contributed by atoms with van der Waals surface area (Å²) in [7, 11) is 0. The number of aliphatic hydroxyl groups excluding tert-OH is 4. The van der Waals surface area contributed by atoms with Crippen LogP contribution in [0.3, 0.4) is 0 Å². The van der Waals surface area contributed by atoms with E-state index in [9.17, 15) is 5.11 Å². The molecule has 0 rings (SSSR count). The quantitative estimate of drug-likeness (QED) is 0.528. The van der Waals surface area contributed by atoms with Crippen LogP contribution in [0, 0.1) is 16.7 Å². The number of rotatable bonds is 9. The topological polar surface area (TPSA) is 80.9 Å². The summed E-state index contributed by atoms with van der Waals surface area (Å²) in [6.45, 7) is 12.0.